The van der Waals surface area contributed by atoms with Crippen LogP contribution in [0.15, 0.2) is 48.5 Å². The lowest BCUT2D eigenvalue weighted by molar-refractivity contribution is 0.282. The molecule has 0 saturated carbocycles. The lowest BCUT2D eigenvalue weighted by atomic mass is 10.0. The van der Waals surface area contributed by atoms with Crippen molar-refractivity contribution < 1.29 is 9.50 Å². The first-order chi connectivity index (χ1) is 9.24. The van der Waals surface area contributed by atoms with E-state index in [1.807, 2.05) is 37.3 Å². The Hall–Kier alpha value is -1.87. The Morgan fingerprint density at radius 3 is 2.63 bits per heavy atom. The van der Waals surface area contributed by atoms with E-state index < -0.39 is 0 Å². The molecule has 0 bridgehead atoms. The number of aliphatic hydroxyl groups is 1. The highest BCUT2D eigenvalue weighted by Gasteiger charge is 2.13. The zero-order chi connectivity index (χ0) is 13.7. The van der Waals surface area contributed by atoms with E-state index in [2.05, 4.69) is 5.32 Å². The van der Waals surface area contributed by atoms with Gasteiger partial charge in [0, 0.05) is 11.3 Å². The number of anilines is 1. The van der Waals surface area contributed by atoms with Crippen LogP contribution in [0.1, 0.15) is 30.5 Å². The molecule has 2 rings (SSSR count). The molecule has 19 heavy (non-hydrogen) atoms. The standard InChI is InChI=1S/C16H18FNO/c1-2-16(14-8-3-4-9-15(14)17)18-13-7-5-6-12(10-13)11-19/h3-10,16,18-19H,2,11H2,1H3. The van der Waals surface area contributed by atoms with Crippen molar-refractivity contribution >= 4 is 5.69 Å². The van der Waals surface area contributed by atoms with Crippen LogP contribution in [-0.2, 0) is 6.61 Å². The molecule has 2 nitrogen and oxygen atoms in total. The summed E-state index contributed by atoms with van der Waals surface area (Å²) in [4.78, 5) is 0. The van der Waals surface area contributed by atoms with E-state index >= 15 is 0 Å². The van der Waals surface area contributed by atoms with Crippen LogP contribution in [0.2, 0.25) is 0 Å². The molecule has 0 radical (unpaired) electrons. The van der Waals surface area contributed by atoms with Gasteiger partial charge >= 0.3 is 0 Å². The van der Waals surface area contributed by atoms with E-state index in [-0.39, 0.29) is 18.5 Å². The number of rotatable bonds is 5. The maximum absolute atomic E-state index is 13.8. The van der Waals surface area contributed by atoms with Gasteiger partial charge in [0.2, 0.25) is 0 Å². The topological polar surface area (TPSA) is 32.3 Å². The molecule has 1 atom stereocenters. The minimum absolute atomic E-state index is 0.00596. The third kappa shape index (κ3) is 3.32. The van der Waals surface area contributed by atoms with Gasteiger partial charge in [-0.1, -0.05) is 37.3 Å². The summed E-state index contributed by atoms with van der Waals surface area (Å²) >= 11 is 0. The smallest absolute Gasteiger partial charge is 0.128 e. The summed E-state index contributed by atoms with van der Waals surface area (Å²) < 4.78 is 13.8. The van der Waals surface area contributed by atoms with E-state index in [9.17, 15) is 4.39 Å². The second-order valence-electron chi connectivity index (χ2n) is 4.49. The van der Waals surface area contributed by atoms with Gasteiger partial charge < -0.3 is 10.4 Å². The fourth-order valence-electron chi connectivity index (χ4n) is 2.12. The fraction of sp³-hybridized carbons (Fsp3) is 0.250. The molecule has 0 spiro atoms. The normalized spacial score (nSPS) is 12.2. The van der Waals surface area contributed by atoms with E-state index in [1.165, 1.54) is 6.07 Å². The summed E-state index contributed by atoms with van der Waals surface area (Å²) in [5.74, 6) is -0.194. The monoisotopic (exact) mass is 259 g/mol. The molecule has 0 saturated heterocycles. The SMILES string of the molecule is CCC(Nc1cccc(CO)c1)c1ccccc1F. The lowest BCUT2D eigenvalue weighted by Gasteiger charge is -2.19. The Morgan fingerprint density at radius 1 is 1.16 bits per heavy atom. The van der Waals surface area contributed by atoms with E-state index in [4.69, 9.17) is 5.11 Å². The van der Waals surface area contributed by atoms with E-state index in [0.29, 0.717) is 5.56 Å². The van der Waals surface area contributed by atoms with Gasteiger partial charge in [-0.3, -0.25) is 0 Å². The zero-order valence-electron chi connectivity index (χ0n) is 10.9. The van der Waals surface area contributed by atoms with Gasteiger partial charge in [0.1, 0.15) is 5.82 Å². The summed E-state index contributed by atoms with van der Waals surface area (Å²) in [6.07, 6.45) is 0.782. The molecule has 100 valence electrons. The number of nitrogens with one attached hydrogen (secondary N) is 1. The molecule has 0 aliphatic rings. The third-order valence-corrected chi connectivity index (χ3v) is 3.14. The first kappa shape index (κ1) is 13.6. The molecule has 0 aromatic heterocycles. The van der Waals surface area contributed by atoms with Crippen molar-refractivity contribution in [2.75, 3.05) is 5.32 Å². The molecule has 0 heterocycles. The maximum Gasteiger partial charge on any atom is 0.128 e. The average Bonchev–Trinajstić information content (AvgIpc) is 2.46. The van der Waals surface area contributed by atoms with Crippen LogP contribution in [0.25, 0.3) is 0 Å². The minimum Gasteiger partial charge on any atom is -0.392 e. The van der Waals surface area contributed by atoms with E-state index in [1.54, 1.807) is 12.1 Å². The van der Waals surface area contributed by atoms with Crippen molar-refractivity contribution in [3.63, 3.8) is 0 Å². The van der Waals surface area contributed by atoms with Gasteiger partial charge in [0.15, 0.2) is 0 Å². The summed E-state index contributed by atoms with van der Waals surface area (Å²) in [5, 5.41) is 12.4. The zero-order valence-corrected chi connectivity index (χ0v) is 10.9. The van der Waals surface area contributed by atoms with Gasteiger partial charge in [0.25, 0.3) is 0 Å². The Balaban J connectivity index is 2.21. The molecule has 0 amide bonds. The molecule has 2 N–H and O–H groups in total. The summed E-state index contributed by atoms with van der Waals surface area (Å²) in [7, 11) is 0. The molecule has 1 unspecified atom stereocenters. The Bertz CT molecular complexity index is 542. The number of halogens is 1. The Morgan fingerprint density at radius 2 is 1.95 bits per heavy atom. The van der Waals surface area contributed by atoms with Gasteiger partial charge in [-0.25, -0.2) is 4.39 Å². The van der Waals surface area contributed by atoms with Crippen LogP contribution in [0.3, 0.4) is 0 Å². The number of benzene rings is 2. The third-order valence-electron chi connectivity index (χ3n) is 3.14. The molecule has 3 heteroatoms. The lowest BCUT2D eigenvalue weighted by Crippen LogP contribution is -2.11. The summed E-state index contributed by atoms with van der Waals surface area (Å²) in [5.41, 5.74) is 2.40. The van der Waals surface area contributed by atoms with E-state index in [0.717, 1.165) is 17.7 Å². The maximum atomic E-state index is 13.8. The van der Waals surface area contributed by atoms with Crippen molar-refractivity contribution in [1.82, 2.24) is 0 Å². The molecule has 2 aromatic carbocycles. The van der Waals surface area contributed by atoms with Crippen molar-refractivity contribution in [1.29, 1.82) is 0 Å². The van der Waals surface area contributed by atoms with Crippen molar-refractivity contribution in [2.45, 2.75) is 26.0 Å². The first-order valence-electron chi connectivity index (χ1n) is 6.45. The number of aliphatic hydroxyl groups excluding tert-OH is 1. The second kappa shape index (κ2) is 6.34. The van der Waals surface area contributed by atoms with Crippen LogP contribution in [0, 0.1) is 5.82 Å². The van der Waals surface area contributed by atoms with Crippen molar-refractivity contribution in [2.24, 2.45) is 0 Å². The predicted octanol–water partition coefficient (Wildman–Crippen LogP) is 3.88. The van der Waals surface area contributed by atoms with Crippen molar-refractivity contribution in [3.05, 3.63) is 65.5 Å². The van der Waals surface area contributed by atoms with Crippen LogP contribution in [-0.4, -0.2) is 5.11 Å². The molecule has 2 aromatic rings. The molecular weight excluding hydrogens is 241 g/mol. The highest BCUT2D eigenvalue weighted by atomic mass is 19.1. The van der Waals surface area contributed by atoms with Gasteiger partial charge in [-0.05, 0) is 30.2 Å². The summed E-state index contributed by atoms with van der Waals surface area (Å²) in [6.45, 7) is 2.02. The molecular formula is C16H18FNO. The van der Waals surface area contributed by atoms with Gasteiger partial charge in [-0.15, -0.1) is 0 Å². The Kier molecular flexibility index (Phi) is 4.53. The molecule has 0 aliphatic heterocycles. The highest BCUT2D eigenvalue weighted by Crippen LogP contribution is 2.25. The predicted molar refractivity (Wildman–Crippen MR) is 75.4 cm³/mol. The Labute approximate surface area is 112 Å². The first-order valence-corrected chi connectivity index (χ1v) is 6.45. The average molecular weight is 259 g/mol. The van der Waals surface area contributed by atoms with Crippen LogP contribution < -0.4 is 5.32 Å². The highest BCUT2D eigenvalue weighted by molar-refractivity contribution is 5.47. The second-order valence-corrected chi connectivity index (χ2v) is 4.49. The summed E-state index contributed by atoms with van der Waals surface area (Å²) in [6, 6.07) is 14.3. The van der Waals surface area contributed by atoms with Crippen LogP contribution in [0.4, 0.5) is 10.1 Å². The number of hydrogen-bond donors (Lipinski definition) is 2. The minimum atomic E-state index is -0.194. The van der Waals surface area contributed by atoms with Crippen LogP contribution >= 0.6 is 0 Å². The van der Waals surface area contributed by atoms with Gasteiger partial charge in [0.05, 0.1) is 12.6 Å². The largest absolute Gasteiger partial charge is 0.392 e. The molecule has 0 aliphatic carbocycles. The van der Waals surface area contributed by atoms with Crippen molar-refractivity contribution in [3.8, 4) is 0 Å². The number of hydrogen-bond acceptors (Lipinski definition) is 2. The molecule has 0 fully saturated rings. The van der Waals surface area contributed by atoms with Gasteiger partial charge in [-0.2, -0.15) is 0 Å². The van der Waals surface area contributed by atoms with Crippen LogP contribution in [0.5, 0.6) is 0 Å². The quantitative estimate of drug-likeness (QED) is 0.854. The fourth-order valence-corrected chi connectivity index (χ4v) is 2.12.